The van der Waals surface area contributed by atoms with Gasteiger partial charge in [0.15, 0.2) is 0 Å². The van der Waals surface area contributed by atoms with Crippen LogP contribution in [-0.2, 0) is 19.6 Å². The fourth-order valence-electron chi connectivity index (χ4n) is 2.54. The van der Waals surface area contributed by atoms with Crippen LogP contribution in [0.3, 0.4) is 0 Å². The molecular formula is C18H19N3O5S. The number of benzene rings is 2. The third-order valence-corrected chi connectivity index (χ3v) is 5.40. The van der Waals surface area contributed by atoms with Crippen molar-refractivity contribution in [3.05, 3.63) is 42.5 Å². The normalized spacial score (nSPS) is 16.6. The molecule has 1 heterocycles. The third kappa shape index (κ3) is 3.87. The first kappa shape index (κ1) is 18.7. The van der Waals surface area contributed by atoms with E-state index in [1.54, 1.807) is 31.2 Å². The summed E-state index contributed by atoms with van der Waals surface area (Å²) in [5, 5.41) is 5.17. The van der Waals surface area contributed by atoms with Gasteiger partial charge in [-0.25, -0.2) is 8.42 Å². The number of sulfonamides is 1. The maximum Gasteiger partial charge on any atom is 0.262 e. The molecule has 3 N–H and O–H groups in total. The minimum atomic E-state index is -3.94. The first-order valence-electron chi connectivity index (χ1n) is 8.32. The number of nitrogens with one attached hydrogen (secondary N) is 3. The number of rotatable bonds is 5. The maximum atomic E-state index is 12.8. The molecule has 2 amide bonds. The minimum absolute atomic E-state index is 0.0587. The van der Waals surface area contributed by atoms with Crippen LogP contribution in [0.25, 0.3) is 0 Å². The number of hydrogen-bond donors (Lipinski definition) is 3. The predicted molar refractivity (Wildman–Crippen MR) is 101 cm³/mol. The van der Waals surface area contributed by atoms with E-state index in [-0.39, 0.29) is 10.6 Å². The molecule has 1 aliphatic rings. The lowest BCUT2D eigenvalue weighted by atomic mass is 10.1. The molecule has 0 aromatic heterocycles. The molecule has 8 nitrogen and oxygen atoms in total. The van der Waals surface area contributed by atoms with Crippen LogP contribution in [0.5, 0.6) is 5.75 Å². The van der Waals surface area contributed by atoms with E-state index < -0.39 is 27.8 Å². The molecule has 3 rings (SSSR count). The Morgan fingerprint density at radius 3 is 2.41 bits per heavy atom. The van der Waals surface area contributed by atoms with Gasteiger partial charge >= 0.3 is 0 Å². The van der Waals surface area contributed by atoms with Crippen LogP contribution in [0.15, 0.2) is 47.4 Å². The smallest absolute Gasteiger partial charge is 0.262 e. The van der Waals surface area contributed by atoms with Crippen molar-refractivity contribution in [2.24, 2.45) is 5.92 Å². The third-order valence-electron chi connectivity index (χ3n) is 4.03. The lowest BCUT2D eigenvalue weighted by Gasteiger charge is -2.14. The quantitative estimate of drug-likeness (QED) is 0.680. The van der Waals surface area contributed by atoms with Crippen molar-refractivity contribution in [2.75, 3.05) is 22.0 Å². The number of para-hydroxylation sites is 2. The predicted octanol–water partition coefficient (Wildman–Crippen LogP) is 2.41. The summed E-state index contributed by atoms with van der Waals surface area (Å²) in [4.78, 5) is 23.8. The Labute approximate surface area is 157 Å². The summed E-state index contributed by atoms with van der Waals surface area (Å²) in [7, 11) is -3.94. The molecule has 0 aliphatic carbocycles. The average Bonchev–Trinajstić information content (AvgIpc) is 2.73. The zero-order chi connectivity index (χ0) is 19.6. The highest BCUT2D eigenvalue weighted by Crippen LogP contribution is 2.31. The Morgan fingerprint density at radius 1 is 1.04 bits per heavy atom. The van der Waals surface area contributed by atoms with Crippen LogP contribution in [0, 0.1) is 5.92 Å². The second-order valence-electron chi connectivity index (χ2n) is 5.94. The van der Waals surface area contributed by atoms with Crippen LogP contribution in [-0.4, -0.2) is 26.8 Å². The largest absolute Gasteiger partial charge is 0.492 e. The lowest BCUT2D eigenvalue weighted by molar-refractivity contribution is -0.128. The fraction of sp³-hybridized carbons (Fsp3) is 0.222. The van der Waals surface area contributed by atoms with Crippen molar-refractivity contribution in [3.63, 3.8) is 0 Å². The molecule has 2 aromatic carbocycles. The summed E-state index contributed by atoms with van der Waals surface area (Å²) < 4.78 is 33.5. The van der Waals surface area contributed by atoms with Crippen molar-refractivity contribution in [1.29, 1.82) is 0 Å². The van der Waals surface area contributed by atoms with Crippen molar-refractivity contribution in [2.45, 2.75) is 18.7 Å². The molecule has 0 fully saturated rings. The summed E-state index contributed by atoms with van der Waals surface area (Å²) in [6, 6.07) is 10.8. The van der Waals surface area contributed by atoms with E-state index in [4.69, 9.17) is 4.74 Å². The zero-order valence-electron chi connectivity index (χ0n) is 14.8. The maximum absolute atomic E-state index is 12.8. The molecule has 9 heteroatoms. The van der Waals surface area contributed by atoms with Crippen molar-refractivity contribution < 1.29 is 22.7 Å². The average molecular weight is 389 g/mol. The van der Waals surface area contributed by atoms with E-state index in [0.717, 1.165) is 0 Å². The van der Waals surface area contributed by atoms with E-state index in [0.29, 0.717) is 23.7 Å². The Morgan fingerprint density at radius 2 is 1.70 bits per heavy atom. The second-order valence-corrected chi connectivity index (χ2v) is 7.62. The van der Waals surface area contributed by atoms with Crippen LogP contribution >= 0.6 is 0 Å². The Kier molecular flexibility index (Phi) is 5.04. The van der Waals surface area contributed by atoms with Crippen molar-refractivity contribution in [3.8, 4) is 5.75 Å². The number of ether oxygens (including phenoxy) is 1. The molecule has 0 saturated heterocycles. The lowest BCUT2D eigenvalue weighted by Crippen LogP contribution is -2.28. The molecule has 0 spiro atoms. The molecule has 0 bridgehead atoms. The second kappa shape index (κ2) is 7.28. The molecule has 0 saturated carbocycles. The fourth-order valence-corrected chi connectivity index (χ4v) is 3.64. The van der Waals surface area contributed by atoms with Crippen LogP contribution in [0.1, 0.15) is 13.8 Å². The monoisotopic (exact) mass is 389 g/mol. The molecule has 0 radical (unpaired) electrons. The minimum Gasteiger partial charge on any atom is -0.492 e. The Bertz CT molecular complexity index is 1000. The van der Waals surface area contributed by atoms with Gasteiger partial charge in [0, 0.05) is 0 Å². The number of anilines is 3. The summed E-state index contributed by atoms with van der Waals surface area (Å²) in [6.07, 6.45) is 0. The number of carbonyl (C=O) groups is 2. The van der Waals surface area contributed by atoms with E-state index in [1.165, 1.54) is 25.1 Å². The van der Waals surface area contributed by atoms with E-state index in [2.05, 4.69) is 15.4 Å². The summed E-state index contributed by atoms with van der Waals surface area (Å²) in [5.41, 5.74) is 0.866. The molecule has 1 atom stereocenters. The van der Waals surface area contributed by atoms with Gasteiger partial charge in [0.25, 0.3) is 10.0 Å². The Balaban J connectivity index is 1.94. The first-order chi connectivity index (χ1) is 12.8. The number of carbonyl (C=O) groups excluding carboxylic acids is 2. The van der Waals surface area contributed by atoms with E-state index >= 15 is 0 Å². The van der Waals surface area contributed by atoms with Gasteiger partial charge in [0.05, 0.1) is 28.6 Å². The van der Waals surface area contributed by atoms with Gasteiger partial charge in [0.1, 0.15) is 11.7 Å². The SMILES string of the molecule is CCOc1ccccc1NS(=O)(=O)c1ccc2c(c1)NC(=O)[C@@H](C)C(=O)N2. The molecule has 27 heavy (non-hydrogen) atoms. The van der Waals surface area contributed by atoms with Gasteiger partial charge in [-0.1, -0.05) is 12.1 Å². The van der Waals surface area contributed by atoms with Crippen LogP contribution in [0.4, 0.5) is 17.1 Å². The van der Waals surface area contributed by atoms with E-state index in [9.17, 15) is 18.0 Å². The highest BCUT2D eigenvalue weighted by Gasteiger charge is 2.28. The van der Waals surface area contributed by atoms with Crippen molar-refractivity contribution >= 4 is 38.9 Å². The summed E-state index contributed by atoms with van der Waals surface area (Å²) in [6.45, 7) is 3.66. The van der Waals surface area contributed by atoms with Gasteiger partial charge in [-0.05, 0) is 44.2 Å². The van der Waals surface area contributed by atoms with Gasteiger partial charge in [0.2, 0.25) is 11.8 Å². The standard InChI is InChI=1S/C18H19N3O5S/c1-3-26-16-7-5-4-6-14(16)21-27(24,25)12-8-9-13-15(10-12)20-18(23)11(2)17(22)19-13/h4-11,21H,3H2,1-2H3,(H,19,22)(H,20,23)/t11-/m0/s1. The van der Waals surface area contributed by atoms with Crippen LogP contribution in [0.2, 0.25) is 0 Å². The summed E-state index contributed by atoms with van der Waals surface area (Å²) >= 11 is 0. The molecule has 2 aromatic rings. The zero-order valence-corrected chi connectivity index (χ0v) is 15.6. The number of hydrogen-bond acceptors (Lipinski definition) is 5. The molecule has 142 valence electrons. The van der Waals surface area contributed by atoms with Gasteiger partial charge in [-0.2, -0.15) is 0 Å². The van der Waals surface area contributed by atoms with Crippen molar-refractivity contribution in [1.82, 2.24) is 0 Å². The van der Waals surface area contributed by atoms with Gasteiger partial charge < -0.3 is 15.4 Å². The molecule has 1 aliphatic heterocycles. The van der Waals surface area contributed by atoms with Crippen LogP contribution < -0.4 is 20.1 Å². The Hall–Kier alpha value is -3.07. The van der Waals surface area contributed by atoms with E-state index in [1.807, 2.05) is 0 Å². The molecule has 0 unspecified atom stereocenters. The highest BCUT2D eigenvalue weighted by molar-refractivity contribution is 7.92. The van der Waals surface area contributed by atoms with Gasteiger partial charge in [-0.3, -0.25) is 14.3 Å². The highest BCUT2D eigenvalue weighted by atomic mass is 32.2. The number of amides is 2. The first-order valence-corrected chi connectivity index (χ1v) is 9.80. The summed E-state index contributed by atoms with van der Waals surface area (Å²) in [5.74, 6) is -1.43. The number of fused-ring (bicyclic) bond motifs is 1. The molecular weight excluding hydrogens is 370 g/mol. The van der Waals surface area contributed by atoms with Gasteiger partial charge in [-0.15, -0.1) is 0 Å². The topological polar surface area (TPSA) is 114 Å².